The number of halogens is 1. The molecule has 2 aliphatic rings. The Morgan fingerprint density at radius 3 is 2.57 bits per heavy atom. The van der Waals surface area contributed by atoms with Gasteiger partial charge in [0.1, 0.15) is 11.3 Å². The molecule has 2 fully saturated rings. The second-order valence-electron chi connectivity index (χ2n) is 6.09. The van der Waals surface area contributed by atoms with Gasteiger partial charge in [0.05, 0.1) is 17.4 Å². The molecule has 3 aromatic rings. The van der Waals surface area contributed by atoms with Crippen molar-refractivity contribution in [2.24, 2.45) is 0 Å². The third-order valence-electron chi connectivity index (χ3n) is 4.85. The number of nitrogens with zero attached hydrogens (tertiary/aromatic N) is 5. The third kappa shape index (κ3) is 1.99. The van der Waals surface area contributed by atoms with E-state index >= 15 is 0 Å². The van der Waals surface area contributed by atoms with Gasteiger partial charge in [0, 0.05) is 37.1 Å². The van der Waals surface area contributed by atoms with E-state index in [0.717, 1.165) is 42.0 Å². The van der Waals surface area contributed by atoms with Crippen molar-refractivity contribution in [3.8, 4) is 0 Å². The Hall–Kier alpha value is -2.28. The predicted molar refractivity (Wildman–Crippen MR) is 88.5 cm³/mol. The van der Waals surface area contributed by atoms with Crippen molar-refractivity contribution in [2.45, 2.75) is 18.5 Å². The largest absolute Gasteiger partial charge is 0.365 e. The normalized spacial score (nSPS) is 23.2. The van der Waals surface area contributed by atoms with Crippen LogP contribution in [-0.4, -0.2) is 38.9 Å². The molecule has 7 heteroatoms. The van der Waals surface area contributed by atoms with E-state index < -0.39 is 0 Å². The van der Waals surface area contributed by atoms with Crippen molar-refractivity contribution in [1.82, 2.24) is 13.7 Å². The lowest BCUT2D eigenvalue weighted by molar-refractivity contribution is 0.624. The van der Waals surface area contributed by atoms with Crippen molar-refractivity contribution < 1.29 is 4.39 Å². The molecule has 5 rings (SSSR count). The van der Waals surface area contributed by atoms with Gasteiger partial charge in [-0.15, -0.1) is 0 Å². The highest BCUT2D eigenvalue weighted by molar-refractivity contribution is 7.00. The lowest BCUT2D eigenvalue weighted by Gasteiger charge is -2.36. The van der Waals surface area contributed by atoms with E-state index in [9.17, 15) is 4.39 Å². The minimum absolute atomic E-state index is 0.185. The maximum Gasteiger partial charge on any atom is 0.195 e. The van der Waals surface area contributed by atoms with Crippen LogP contribution >= 0.6 is 11.7 Å². The summed E-state index contributed by atoms with van der Waals surface area (Å²) in [6, 6.07) is 9.76. The SMILES string of the molecule is Fc1ccc(N2C[C@H]3C[C@H]2CN3c2ccnc3nsnc23)cc1. The van der Waals surface area contributed by atoms with Crippen LogP contribution in [0.3, 0.4) is 0 Å². The summed E-state index contributed by atoms with van der Waals surface area (Å²) in [6.07, 6.45) is 2.93. The fraction of sp³-hybridized carbons (Fsp3) is 0.312. The molecule has 2 saturated heterocycles. The average Bonchev–Trinajstić information content (AvgIpc) is 3.29. The van der Waals surface area contributed by atoms with Gasteiger partial charge in [-0.25, -0.2) is 9.37 Å². The van der Waals surface area contributed by atoms with Gasteiger partial charge in [-0.05, 0) is 36.8 Å². The summed E-state index contributed by atoms with van der Waals surface area (Å²) < 4.78 is 21.8. The molecule has 5 nitrogen and oxygen atoms in total. The summed E-state index contributed by atoms with van der Waals surface area (Å²) in [7, 11) is 0. The number of aromatic nitrogens is 3. The topological polar surface area (TPSA) is 45.2 Å². The molecule has 0 unspecified atom stereocenters. The molecule has 2 atom stereocenters. The number of rotatable bonds is 2. The molecule has 0 spiro atoms. The van der Waals surface area contributed by atoms with Gasteiger partial charge in [-0.1, -0.05) is 0 Å². The van der Waals surface area contributed by atoms with Crippen LogP contribution in [0.5, 0.6) is 0 Å². The zero-order chi connectivity index (χ0) is 15.4. The number of anilines is 2. The number of hydrogen-bond donors (Lipinski definition) is 0. The van der Waals surface area contributed by atoms with Gasteiger partial charge in [0.15, 0.2) is 5.65 Å². The second-order valence-corrected chi connectivity index (χ2v) is 6.62. The fourth-order valence-corrected chi connectivity index (χ4v) is 4.34. The standard InChI is InChI=1S/C16H14FN5S/c17-10-1-3-11(4-2-10)21-8-13-7-12(21)9-22(13)14-5-6-18-16-15(14)19-23-20-16/h1-6,12-13H,7-9H2/t12-,13+/m0/s1. The van der Waals surface area contributed by atoms with E-state index in [2.05, 4.69) is 23.5 Å². The fourth-order valence-electron chi connectivity index (χ4n) is 3.83. The van der Waals surface area contributed by atoms with Gasteiger partial charge in [-0.3, -0.25) is 0 Å². The molecule has 0 aliphatic carbocycles. The van der Waals surface area contributed by atoms with E-state index in [1.807, 2.05) is 24.4 Å². The first-order chi connectivity index (χ1) is 11.3. The molecule has 2 aromatic heterocycles. The molecule has 0 N–H and O–H groups in total. The molecule has 23 heavy (non-hydrogen) atoms. The summed E-state index contributed by atoms with van der Waals surface area (Å²) in [6.45, 7) is 1.91. The minimum Gasteiger partial charge on any atom is -0.365 e. The number of pyridine rings is 1. The maximum absolute atomic E-state index is 13.1. The molecule has 116 valence electrons. The first-order valence-electron chi connectivity index (χ1n) is 7.66. The molecule has 4 heterocycles. The summed E-state index contributed by atoms with van der Waals surface area (Å²) in [5.74, 6) is -0.185. The van der Waals surface area contributed by atoms with Gasteiger partial charge in [-0.2, -0.15) is 8.75 Å². The molecule has 2 aliphatic heterocycles. The van der Waals surface area contributed by atoms with E-state index in [0.29, 0.717) is 12.1 Å². The molecule has 2 bridgehead atoms. The summed E-state index contributed by atoms with van der Waals surface area (Å²) in [5, 5.41) is 0. The lowest BCUT2D eigenvalue weighted by Crippen LogP contribution is -2.46. The van der Waals surface area contributed by atoms with Crippen LogP contribution in [0.2, 0.25) is 0 Å². The summed E-state index contributed by atoms with van der Waals surface area (Å²) in [4.78, 5) is 9.08. The Morgan fingerprint density at radius 1 is 1.00 bits per heavy atom. The highest BCUT2D eigenvalue weighted by Gasteiger charge is 2.44. The number of benzene rings is 1. The van der Waals surface area contributed by atoms with Gasteiger partial charge in [0.2, 0.25) is 0 Å². The van der Waals surface area contributed by atoms with E-state index in [1.165, 1.54) is 23.9 Å². The smallest absolute Gasteiger partial charge is 0.195 e. The van der Waals surface area contributed by atoms with E-state index in [4.69, 9.17) is 0 Å². The van der Waals surface area contributed by atoms with Crippen molar-refractivity contribution in [1.29, 1.82) is 0 Å². The first-order valence-corrected chi connectivity index (χ1v) is 8.39. The van der Waals surface area contributed by atoms with Crippen LogP contribution in [0.1, 0.15) is 6.42 Å². The first kappa shape index (κ1) is 13.2. The zero-order valence-electron chi connectivity index (χ0n) is 12.3. The molecular weight excluding hydrogens is 313 g/mol. The number of piperazine rings is 1. The Balaban J connectivity index is 1.44. The minimum atomic E-state index is -0.185. The average molecular weight is 327 g/mol. The quantitative estimate of drug-likeness (QED) is 0.724. The highest BCUT2D eigenvalue weighted by atomic mass is 32.1. The maximum atomic E-state index is 13.1. The number of hydrogen-bond acceptors (Lipinski definition) is 6. The Morgan fingerprint density at radius 2 is 1.78 bits per heavy atom. The molecule has 0 radical (unpaired) electrons. The van der Waals surface area contributed by atoms with Crippen LogP contribution in [-0.2, 0) is 0 Å². The van der Waals surface area contributed by atoms with E-state index in [1.54, 1.807) is 0 Å². The van der Waals surface area contributed by atoms with Gasteiger partial charge in [0.25, 0.3) is 0 Å². The van der Waals surface area contributed by atoms with Crippen LogP contribution in [0, 0.1) is 5.82 Å². The Kier molecular flexibility index (Phi) is 2.78. The molecule has 0 amide bonds. The van der Waals surface area contributed by atoms with Crippen molar-refractivity contribution in [3.05, 3.63) is 42.3 Å². The highest BCUT2D eigenvalue weighted by Crippen LogP contribution is 2.39. The predicted octanol–water partition coefficient (Wildman–Crippen LogP) is 2.69. The van der Waals surface area contributed by atoms with Gasteiger partial charge < -0.3 is 9.80 Å². The third-order valence-corrected chi connectivity index (χ3v) is 5.37. The van der Waals surface area contributed by atoms with Crippen LogP contribution in [0.15, 0.2) is 36.5 Å². The monoisotopic (exact) mass is 327 g/mol. The van der Waals surface area contributed by atoms with E-state index in [-0.39, 0.29) is 5.82 Å². The molecule has 0 saturated carbocycles. The summed E-state index contributed by atoms with van der Waals surface area (Å²) in [5.41, 5.74) is 3.87. The Labute approximate surface area is 136 Å². The van der Waals surface area contributed by atoms with Crippen molar-refractivity contribution >= 4 is 34.3 Å². The zero-order valence-corrected chi connectivity index (χ0v) is 13.1. The molecule has 1 aromatic carbocycles. The van der Waals surface area contributed by atoms with Crippen LogP contribution < -0.4 is 9.80 Å². The van der Waals surface area contributed by atoms with Crippen molar-refractivity contribution in [2.75, 3.05) is 22.9 Å². The van der Waals surface area contributed by atoms with Crippen LogP contribution in [0.4, 0.5) is 15.8 Å². The van der Waals surface area contributed by atoms with Crippen LogP contribution in [0.25, 0.3) is 11.2 Å². The second kappa shape index (κ2) is 4.86. The Bertz CT molecular complexity index is 864. The summed E-state index contributed by atoms with van der Waals surface area (Å²) >= 11 is 1.21. The lowest BCUT2D eigenvalue weighted by atomic mass is 10.2. The molecular formula is C16H14FN5S. The van der Waals surface area contributed by atoms with Gasteiger partial charge >= 0.3 is 0 Å². The van der Waals surface area contributed by atoms with Crippen molar-refractivity contribution in [3.63, 3.8) is 0 Å². The number of fused-ring (bicyclic) bond motifs is 3.